The van der Waals surface area contributed by atoms with Crippen LogP contribution in [0.4, 0.5) is 15.3 Å². The molecule has 0 unspecified atom stereocenters. The summed E-state index contributed by atoms with van der Waals surface area (Å²) >= 11 is 0. The number of aromatic nitrogens is 4. The molecule has 1 aliphatic carbocycles. The maximum atomic E-state index is 13.9. The van der Waals surface area contributed by atoms with Crippen LogP contribution in [0.2, 0.25) is 0 Å². The van der Waals surface area contributed by atoms with Crippen LogP contribution < -0.4 is 21.3 Å². The lowest BCUT2D eigenvalue weighted by molar-refractivity contribution is -0.130. The number of piperidine rings is 1. The standard InChI is InChI=1S/C46H59N9O7/c1-45(2,3)61-43(59)47-28-30-13-17-33(18-14-30)40(56)50-38(42(58)49-34-21-19-32(20-22-34)39-51-53-54-52-39)27-29-11-15-31(16-12-29)36-9-7-8-10-37(36)41(57)48-35-23-25-55(26-24-35)44(60)62-46(4,5)6/h7-12,15-16,19-22,30,33,35,38H,13-14,17-18,23-28H2,1-6H3,(H,47,59)(H,48,57)(H,49,58)(H,50,56)(H,51,52,53,54)/t30?,33?,38-/m0/s1. The van der Waals surface area contributed by atoms with E-state index in [-0.39, 0.29) is 48.1 Å². The lowest BCUT2D eigenvalue weighted by Crippen LogP contribution is -2.48. The number of tetrazole rings is 1. The molecule has 0 radical (unpaired) electrons. The van der Waals surface area contributed by atoms with Crippen molar-refractivity contribution in [1.82, 2.24) is 41.5 Å². The van der Waals surface area contributed by atoms with Crippen LogP contribution in [0.5, 0.6) is 0 Å². The average Bonchev–Trinajstić information content (AvgIpc) is 3.78. The molecule has 5 amide bonds. The second kappa shape index (κ2) is 20.0. The Morgan fingerprint density at radius 2 is 1.44 bits per heavy atom. The highest BCUT2D eigenvalue weighted by atomic mass is 16.6. The van der Waals surface area contributed by atoms with Gasteiger partial charge in [0, 0.05) is 54.8 Å². The summed E-state index contributed by atoms with van der Waals surface area (Å²) in [6.07, 6.45) is 3.43. The molecule has 2 heterocycles. The Morgan fingerprint density at radius 1 is 0.790 bits per heavy atom. The minimum Gasteiger partial charge on any atom is -0.444 e. The first-order valence-electron chi connectivity index (χ1n) is 21.4. The Balaban J connectivity index is 1.10. The summed E-state index contributed by atoms with van der Waals surface area (Å²) in [5.41, 5.74) is 3.03. The number of hydrogen-bond donors (Lipinski definition) is 5. The summed E-state index contributed by atoms with van der Waals surface area (Å²) in [7, 11) is 0. The Labute approximate surface area is 362 Å². The fourth-order valence-electron chi connectivity index (χ4n) is 7.67. The van der Waals surface area contributed by atoms with Crippen molar-refractivity contribution in [2.24, 2.45) is 11.8 Å². The zero-order valence-electron chi connectivity index (χ0n) is 36.5. The molecule has 330 valence electrons. The molecule has 1 saturated carbocycles. The highest BCUT2D eigenvalue weighted by molar-refractivity contribution is 6.01. The van der Waals surface area contributed by atoms with Crippen LogP contribution in [0.25, 0.3) is 22.5 Å². The highest BCUT2D eigenvalue weighted by Gasteiger charge is 2.31. The number of hydrogen-bond acceptors (Lipinski definition) is 10. The van der Waals surface area contributed by atoms with Crippen LogP contribution in [0.1, 0.15) is 96.0 Å². The van der Waals surface area contributed by atoms with Crippen molar-refractivity contribution in [3.63, 3.8) is 0 Å². The fourth-order valence-corrected chi connectivity index (χ4v) is 7.67. The van der Waals surface area contributed by atoms with E-state index in [4.69, 9.17) is 9.47 Å². The number of nitrogens with zero attached hydrogens (tertiary/aromatic N) is 4. The molecule has 2 aliphatic rings. The third-order valence-corrected chi connectivity index (χ3v) is 10.9. The van der Waals surface area contributed by atoms with Gasteiger partial charge in [0.2, 0.25) is 17.6 Å². The molecule has 1 atom stereocenters. The Morgan fingerprint density at radius 3 is 2.06 bits per heavy atom. The summed E-state index contributed by atoms with van der Waals surface area (Å²) in [5, 5.41) is 26.1. The molecule has 0 spiro atoms. The molecule has 4 aromatic rings. The van der Waals surface area contributed by atoms with E-state index in [0.717, 1.165) is 35.1 Å². The van der Waals surface area contributed by atoms with Crippen LogP contribution in [0.15, 0.2) is 72.8 Å². The molecule has 1 aromatic heterocycles. The molecule has 1 saturated heterocycles. The van der Waals surface area contributed by atoms with Gasteiger partial charge in [-0.25, -0.2) is 9.59 Å². The van der Waals surface area contributed by atoms with E-state index >= 15 is 0 Å². The quantitative estimate of drug-likeness (QED) is 0.102. The van der Waals surface area contributed by atoms with Crippen LogP contribution in [-0.4, -0.2) is 98.4 Å². The molecule has 16 heteroatoms. The van der Waals surface area contributed by atoms with Gasteiger partial charge in [-0.3, -0.25) is 14.4 Å². The maximum absolute atomic E-state index is 13.9. The van der Waals surface area contributed by atoms with Gasteiger partial charge in [0.25, 0.3) is 5.91 Å². The van der Waals surface area contributed by atoms with Gasteiger partial charge < -0.3 is 35.6 Å². The number of amides is 5. The van der Waals surface area contributed by atoms with Crippen LogP contribution >= 0.6 is 0 Å². The second-order valence-corrected chi connectivity index (χ2v) is 18.1. The highest BCUT2D eigenvalue weighted by Crippen LogP contribution is 2.30. The largest absolute Gasteiger partial charge is 0.444 e. The predicted octanol–water partition coefficient (Wildman–Crippen LogP) is 6.66. The van der Waals surface area contributed by atoms with E-state index in [1.165, 1.54) is 0 Å². The number of nitrogens with one attached hydrogen (secondary N) is 5. The smallest absolute Gasteiger partial charge is 0.410 e. The van der Waals surface area contributed by atoms with Crippen LogP contribution in [0.3, 0.4) is 0 Å². The molecule has 5 N–H and O–H groups in total. The number of aromatic amines is 1. The van der Waals surface area contributed by atoms with Gasteiger partial charge in [-0.2, -0.15) is 5.21 Å². The van der Waals surface area contributed by atoms with Crippen molar-refractivity contribution in [3.05, 3.63) is 83.9 Å². The van der Waals surface area contributed by atoms with Crippen molar-refractivity contribution >= 4 is 35.6 Å². The maximum Gasteiger partial charge on any atom is 0.410 e. The monoisotopic (exact) mass is 849 g/mol. The Hall–Kier alpha value is -6.32. The summed E-state index contributed by atoms with van der Waals surface area (Å²) in [5.74, 6) is -0.391. The van der Waals surface area contributed by atoms with Crippen LogP contribution in [-0.2, 0) is 25.5 Å². The Bertz CT molecular complexity index is 2150. The summed E-state index contributed by atoms with van der Waals surface area (Å²) < 4.78 is 10.9. The average molecular weight is 850 g/mol. The van der Waals surface area contributed by atoms with Gasteiger partial charge in [-0.15, -0.1) is 10.2 Å². The van der Waals surface area contributed by atoms with Crippen molar-refractivity contribution in [1.29, 1.82) is 0 Å². The molecular formula is C46H59N9O7. The lowest BCUT2D eigenvalue weighted by Gasteiger charge is -2.33. The first kappa shape index (κ1) is 45.2. The SMILES string of the molecule is CC(C)(C)OC(=O)NCC1CCC(C(=O)N[C@@H](Cc2ccc(-c3ccccc3C(=O)NC3CCN(C(=O)OC(C)(C)C)CC3)cc2)C(=O)Nc2ccc(-c3nn[nH]n3)cc2)CC1. The number of rotatable bonds is 12. The first-order valence-corrected chi connectivity index (χ1v) is 21.4. The zero-order chi connectivity index (χ0) is 44.4. The number of benzene rings is 3. The number of alkyl carbamates (subject to hydrolysis) is 1. The summed E-state index contributed by atoms with van der Waals surface area (Å²) in [6, 6.07) is 21.1. The van der Waals surface area contributed by atoms with E-state index < -0.39 is 23.3 Å². The van der Waals surface area contributed by atoms with Crippen molar-refractivity contribution in [2.45, 2.75) is 110 Å². The molecule has 6 rings (SSSR count). The summed E-state index contributed by atoms with van der Waals surface area (Å²) in [6.45, 7) is 12.4. The predicted molar refractivity (Wildman–Crippen MR) is 234 cm³/mol. The number of anilines is 1. The molecule has 0 bridgehead atoms. The lowest BCUT2D eigenvalue weighted by atomic mass is 9.81. The molecule has 3 aromatic carbocycles. The molecule has 1 aliphatic heterocycles. The molecule has 2 fully saturated rings. The van der Waals surface area contributed by atoms with Gasteiger partial charge in [0.05, 0.1) is 0 Å². The summed E-state index contributed by atoms with van der Waals surface area (Å²) in [4.78, 5) is 67.8. The third-order valence-electron chi connectivity index (χ3n) is 10.9. The minimum absolute atomic E-state index is 0.0884. The van der Waals surface area contributed by atoms with Gasteiger partial charge in [0.1, 0.15) is 17.2 Å². The Kier molecular flexibility index (Phi) is 14.6. The minimum atomic E-state index is -0.892. The second-order valence-electron chi connectivity index (χ2n) is 18.1. The third kappa shape index (κ3) is 13.1. The van der Waals surface area contributed by atoms with Gasteiger partial charge >= 0.3 is 12.2 Å². The van der Waals surface area contributed by atoms with Crippen molar-refractivity contribution in [3.8, 4) is 22.5 Å². The van der Waals surface area contributed by atoms with Gasteiger partial charge in [0.15, 0.2) is 0 Å². The van der Waals surface area contributed by atoms with Crippen LogP contribution in [0, 0.1) is 11.8 Å². The number of H-pyrrole nitrogens is 1. The first-order chi connectivity index (χ1) is 29.5. The number of ether oxygens (including phenoxy) is 2. The zero-order valence-corrected chi connectivity index (χ0v) is 36.5. The van der Waals surface area contributed by atoms with E-state index in [1.807, 2.05) is 84.0 Å². The van der Waals surface area contributed by atoms with Crippen molar-refractivity contribution < 1.29 is 33.4 Å². The fraction of sp³-hybridized carbons (Fsp3) is 0.478. The number of likely N-dealkylation sites (tertiary alicyclic amines) is 1. The van der Waals surface area contributed by atoms with Gasteiger partial charge in [-0.1, -0.05) is 42.5 Å². The van der Waals surface area contributed by atoms with E-state index in [9.17, 15) is 24.0 Å². The van der Waals surface area contributed by atoms with E-state index in [1.54, 1.807) is 35.2 Å². The normalized spacial score (nSPS) is 17.6. The van der Waals surface area contributed by atoms with E-state index in [2.05, 4.69) is 41.9 Å². The molecule has 16 nitrogen and oxygen atoms in total. The molecule has 62 heavy (non-hydrogen) atoms. The van der Waals surface area contributed by atoms with Crippen molar-refractivity contribution in [2.75, 3.05) is 25.0 Å². The number of carbonyl (C=O) groups is 5. The topological polar surface area (TPSA) is 210 Å². The number of carbonyl (C=O) groups excluding carboxylic acids is 5. The van der Waals surface area contributed by atoms with E-state index in [0.29, 0.717) is 62.4 Å². The van der Waals surface area contributed by atoms with Gasteiger partial charge in [-0.05, 0) is 138 Å². The molecular weight excluding hydrogens is 791 g/mol.